The second kappa shape index (κ2) is 3.47. The van der Waals surface area contributed by atoms with E-state index in [9.17, 15) is 5.11 Å². The number of hydrogen-bond acceptors (Lipinski definition) is 3. The van der Waals surface area contributed by atoms with Crippen molar-refractivity contribution < 1.29 is 5.11 Å². The highest BCUT2D eigenvalue weighted by atomic mass is 16.3. The van der Waals surface area contributed by atoms with Crippen LogP contribution in [0, 0.1) is 11.3 Å². The number of hydrogen-bond donors (Lipinski definition) is 3. The van der Waals surface area contributed by atoms with Gasteiger partial charge in [0.2, 0.25) is 0 Å². The first-order chi connectivity index (χ1) is 6.58. The van der Waals surface area contributed by atoms with Crippen LogP contribution in [0.3, 0.4) is 0 Å². The second-order valence-electron chi connectivity index (χ2n) is 5.46. The van der Waals surface area contributed by atoms with Crippen molar-refractivity contribution in [2.45, 2.75) is 38.2 Å². The summed E-state index contributed by atoms with van der Waals surface area (Å²) in [5, 5.41) is 13.3. The Hall–Kier alpha value is -0.120. The molecule has 1 aliphatic carbocycles. The summed E-state index contributed by atoms with van der Waals surface area (Å²) < 4.78 is 0. The summed E-state index contributed by atoms with van der Waals surface area (Å²) in [5.41, 5.74) is 5.67. The largest absolute Gasteiger partial charge is 0.390 e. The summed E-state index contributed by atoms with van der Waals surface area (Å²) in [6, 6.07) is 0. The van der Waals surface area contributed by atoms with E-state index >= 15 is 0 Å². The molecule has 1 saturated heterocycles. The fourth-order valence-electron chi connectivity index (χ4n) is 3.44. The predicted octanol–water partition coefficient (Wildman–Crippen LogP) is 0.476. The standard InChI is InChI=1S/C11H22N2O/c1-10(14)6-11(7-10,8-12)9-3-2-4-13-5-9/h9,13-14H,2-8,12H2,1H3. The van der Waals surface area contributed by atoms with E-state index in [1.807, 2.05) is 6.92 Å². The van der Waals surface area contributed by atoms with Gasteiger partial charge in [0.1, 0.15) is 0 Å². The first kappa shape index (κ1) is 10.4. The van der Waals surface area contributed by atoms with E-state index in [1.54, 1.807) is 0 Å². The molecule has 82 valence electrons. The van der Waals surface area contributed by atoms with Gasteiger partial charge in [-0.15, -0.1) is 0 Å². The normalized spacial score (nSPS) is 48.6. The van der Waals surface area contributed by atoms with E-state index in [-0.39, 0.29) is 5.41 Å². The van der Waals surface area contributed by atoms with E-state index in [4.69, 9.17) is 5.73 Å². The van der Waals surface area contributed by atoms with Gasteiger partial charge in [-0.05, 0) is 63.6 Å². The van der Waals surface area contributed by atoms with Crippen molar-refractivity contribution in [1.29, 1.82) is 0 Å². The van der Waals surface area contributed by atoms with Crippen molar-refractivity contribution in [2.75, 3.05) is 19.6 Å². The smallest absolute Gasteiger partial charge is 0.0631 e. The Morgan fingerprint density at radius 2 is 2.21 bits per heavy atom. The molecule has 2 fully saturated rings. The molecule has 0 spiro atoms. The lowest BCUT2D eigenvalue weighted by molar-refractivity contribution is -0.140. The molecule has 1 atom stereocenters. The molecule has 0 aromatic rings. The molecule has 0 amide bonds. The van der Waals surface area contributed by atoms with Crippen molar-refractivity contribution in [2.24, 2.45) is 17.1 Å². The average molecular weight is 198 g/mol. The van der Waals surface area contributed by atoms with Gasteiger partial charge in [0.05, 0.1) is 5.60 Å². The van der Waals surface area contributed by atoms with Crippen molar-refractivity contribution >= 4 is 0 Å². The highest BCUT2D eigenvalue weighted by molar-refractivity contribution is 5.06. The van der Waals surface area contributed by atoms with Gasteiger partial charge in [0.15, 0.2) is 0 Å². The molecule has 14 heavy (non-hydrogen) atoms. The molecule has 3 heteroatoms. The zero-order chi connectivity index (χ0) is 10.2. The van der Waals surface area contributed by atoms with Gasteiger partial charge in [-0.2, -0.15) is 0 Å². The quantitative estimate of drug-likeness (QED) is 0.605. The van der Waals surface area contributed by atoms with Gasteiger partial charge in [0, 0.05) is 0 Å². The number of aliphatic hydroxyl groups is 1. The van der Waals surface area contributed by atoms with E-state index in [0.717, 1.165) is 32.5 Å². The summed E-state index contributed by atoms with van der Waals surface area (Å²) in [5.74, 6) is 0.682. The van der Waals surface area contributed by atoms with E-state index < -0.39 is 5.60 Å². The van der Waals surface area contributed by atoms with Gasteiger partial charge in [-0.25, -0.2) is 0 Å². The van der Waals surface area contributed by atoms with Crippen molar-refractivity contribution in [3.8, 4) is 0 Å². The van der Waals surface area contributed by atoms with Crippen LogP contribution in [0.2, 0.25) is 0 Å². The first-order valence-electron chi connectivity index (χ1n) is 5.71. The molecular formula is C11H22N2O. The first-order valence-corrected chi connectivity index (χ1v) is 5.71. The Kier molecular flexibility index (Phi) is 2.58. The molecule has 0 bridgehead atoms. The Labute approximate surface area is 86.1 Å². The lowest BCUT2D eigenvalue weighted by Gasteiger charge is -2.56. The van der Waals surface area contributed by atoms with Crippen LogP contribution in [0.1, 0.15) is 32.6 Å². The minimum Gasteiger partial charge on any atom is -0.390 e. The van der Waals surface area contributed by atoms with E-state index in [2.05, 4.69) is 5.32 Å². The Morgan fingerprint density at radius 3 is 2.64 bits per heavy atom. The summed E-state index contributed by atoms with van der Waals surface area (Å²) in [6.45, 7) is 4.90. The Balaban J connectivity index is 1.99. The summed E-state index contributed by atoms with van der Waals surface area (Å²) >= 11 is 0. The third-order valence-corrected chi connectivity index (χ3v) is 4.04. The molecule has 1 aliphatic heterocycles. The van der Waals surface area contributed by atoms with Crippen molar-refractivity contribution in [1.82, 2.24) is 5.32 Å². The van der Waals surface area contributed by atoms with Gasteiger partial charge in [0.25, 0.3) is 0 Å². The van der Waals surface area contributed by atoms with Crippen LogP contribution in [0.15, 0.2) is 0 Å². The minimum atomic E-state index is -0.448. The number of rotatable bonds is 2. The van der Waals surface area contributed by atoms with Gasteiger partial charge < -0.3 is 16.2 Å². The molecule has 2 rings (SSSR count). The lowest BCUT2D eigenvalue weighted by Crippen LogP contribution is -2.59. The van der Waals surface area contributed by atoms with Crippen LogP contribution in [0.5, 0.6) is 0 Å². The third-order valence-electron chi connectivity index (χ3n) is 4.04. The van der Waals surface area contributed by atoms with Crippen molar-refractivity contribution in [3.05, 3.63) is 0 Å². The predicted molar refractivity (Wildman–Crippen MR) is 56.9 cm³/mol. The zero-order valence-corrected chi connectivity index (χ0v) is 9.05. The van der Waals surface area contributed by atoms with Gasteiger partial charge in [-0.1, -0.05) is 0 Å². The molecule has 0 aromatic heterocycles. The average Bonchev–Trinajstić information content (AvgIpc) is 2.15. The molecule has 0 aromatic carbocycles. The van der Waals surface area contributed by atoms with Gasteiger partial charge in [-0.3, -0.25) is 0 Å². The lowest BCUT2D eigenvalue weighted by atomic mass is 9.53. The maximum absolute atomic E-state index is 9.83. The molecule has 1 unspecified atom stereocenters. The highest BCUT2D eigenvalue weighted by Crippen LogP contribution is 2.53. The molecule has 0 radical (unpaired) electrons. The van der Waals surface area contributed by atoms with Gasteiger partial charge >= 0.3 is 0 Å². The van der Waals surface area contributed by atoms with Crippen LogP contribution >= 0.6 is 0 Å². The van der Waals surface area contributed by atoms with Crippen LogP contribution in [-0.4, -0.2) is 30.3 Å². The fourth-order valence-corrected chi connectivity index (χ4v) is 3.44. The molecule has 1 heterocycles. The fraction of sp³-hybridized carbons (Fsp3) is 1.00. The van der Waals surface area contributed by atoms with E-state index in [0.29, 0.717) is 5.92 Å². The summed E-state index contributed by atoms with van der Waals surface area (Å²) in [6.07, 6.45) is 4.32. The maximum atomic E-state index is 9.83. The molecule has 2 aliphatic rings. The molecule has 3 nitrogen and oxygen atoms in total. The summed E-state index contributed by atoms with van der Waals surface area (Å²) in [4.78, 5) is 0. The highest BCUT2D eigenvalue weighted by Gasteiger charge is 2.53. The second-order valence-corrected chi connectivity index (χ2v) is 5.46. The Morgan fingerprint density at radius 1 is 1.50 bits per heavy atom. The maximum Gasteiger partial charge on any atom is 0.0631 e. The molecular weight excluding hydrogens is 176 g/mol. The number of nitrogens with two attached hydrogens (primary N) is 1. The Bertz CT molecular complexity index is 201. The number of nitrogens with one attached hydrogen (secondary N) is 1. The van der Waals surface area contributed by atoms with Crippen LogP contribution < -0.4 is 11.1 Å². The van der Waals surface area contributed by atoms with Crippen LogP contribution in [0.25, 0.3) is 0 Å². The van der Waals surface area contributed by atoms with Crippen LogP contribution in [-0.2, 0) is 0 Å². The SMILES string of the molecule is CC1(O)CC(CN)(C2CCCNC2)C1. The molecule has 4 N–H and O–H groups in total. The topological polar surface area (TPSA) is 58.3 Å². The van der Waals surface area contributed by atoms with Crippen molar-refractivity contribution in [3.63, 3.8) is 0 Å². The monoisotopic (exact) mass is 198 g/mol. The van der Waals surface area contributed by atoms with E-state index in [1.165, 1.54) is 12.8 Å². The minimum absolute atomic E-state index is 0.233. The van der Waals surface area contributed by atoms with Crippen LogP contribution in [0.4, 0.5) is 0 Å². The zero-order valence-electron chi connectivity index (χ0n) is 9.05. The number of piperidine rings is 1. The molecule has 1 saturated carbocycles. The summed E-state index contributed by atoms with van der Waals surface area (Å²) in [7, 11) is 0. The third kappa shape index (κ3) is 1.69.